The van der Waals surface area contributed by atoms with Crippen molar-refractivity contribution in [2.24, 2.45) is 0 Å². The smallest absolute Gasteiger partial charge is 0.192 e. The van der Waals surface area contributed by atoms with Gasteiger partial charge in [-0.15, -0.1) is 0 Å². The molecular weight excluding hydrogens is 520 g/mol. The molecule has 6 aromatic rings. The van der Waals surface area contributed by atoms with Crippen molar-refractivity contribution in [3.63, 3.8) is 0 Å². The maximum absolute atomic E-state index is 13.5. The number of nitrogens with zero attached hydrogens (tertiary/aromatic N) is 2. The van der Waals surface area contributed by atoms with E-state index >= 15 is 0 Å². The van der Waals surface area contributed by atoms with Crippen LogP contribution >= 0.6 is 0 Å². The quantitative estimate of drug-likeness (QED) is 0.212. The highest BCUT2D eigenvalue weighted by atomic mass is 28.3. The number of pyridine rings is 1. The number of carbonyl (C=O) groups is 1. The lowest BCUT2D eigenvalue weighted by molar-refractivity contribution is 0.103. The Morgan fingerprint density at radius 2 is 1.39 bits per heavy atom. The van der Waals surface area contributed by atoms with Gasteiger partial charge in [0.2, 0.25) is 0 Å². The summed E-state index contributed by atoms with van der Waals surface area (Å²) in [5.74, 6) is 2.34. The van der Waals surface area contributed by atoms with Gasteiger partial charge in [-0.05, 0) is 63.8 Å². The highest BCUT2D eigenvalue weighted by Crippen LogP contribution is 2.36. The number of ketones is 1. The Morgan fingerprint density at radius 3 is 2.22 bits per heavy atom. The molecule has 0 radical (unpaired) electrons. The van der Waals surface area contributed by atoms with Crippen molar-refractivity contribution in [1.82, 2.24) is 9.55 Å². The minimum Gasteiger partial charge on any atom is -0.457 e. The summed E-state index contributed by atoms with van der Waals surface area (Å²) < 4.78 is 8.67. The van der Waals surface area contributed by atoms with Crippen LogP contribution in [0.3, 0.4) is 0 Å². The monoisotopic (exact) mass is 552 g/mol. The largest absolute Gasteiger partial charge is 0.457 e. The van der Waals surface area contributed by atoms with Crippen LogP contribution in [0.4, 0.5) is 0 Å². The van der Waals surface area contributed by atoms with Crippen molar-refractivity contribution < 1.29 is 9.53 Å². The van der Waals surface area contributed by atoms with E-state index in [0.717, 1.165) is 38.6 Å². The van der Waals surface area contributed by atoms with Gasteiger partial charge in [-0.1, -0.05) is 82.4 Å². The minimum absolute atomic E-state index is 0.00649. The van der Waals surface area contributed by atoms with Crippen molar-refractivity contribution in [1.29, 1.82) is 0 Å². The predicted octanol–water partition coefficient (Wildman–Crippen LogP) is 7.64. The van der Waals surface area contributed by atoms with Gasteiger partial charge >= 0.3 is 0 Å². The van der Waals surface area contributed by atoms with E-state index in [9.17, 15) is 4.79 Å². The SMILES string of the molecule is CC(C)(C)c1ccnc(-n2c3ccccc3c3ccc(Oc4ccc5c(c4)C(=O)c4ccccc4[Si]5(C)C)cc32)c1. The van der Waals surface area contributed by atoms with Gasteiger partial charge in [0.05, 0.1) is 11.0 Å². The molecule has 1 aliphatic heterocycles. The van der Waals surface area contributed by atoms with Gasteiger partial charge < -0.3 is 4.74 Å². The van der Waals surface area contributed by atoms with E-state index in [2.05, 4.69) is 99.1 Å². The molecule has 3 heterocycles. The second kappa shape index (κ2) is 9.01. The van der Waals surface area contributed by atoms with Gasteiger partial charge in [-0.3, -0.25) is 9.36 Å². The molecule has 0 saturated heterocycles. The fourth-order valence-electron chi connectivity index (χ4n) is 6.24. The van der Waals surface area contributed by atoms with Crippen molar-refractivity contribution in [3.05, 3.63) is 120 Å². The Balaban J connectivity index is 1.34. The molecule has 41 heavy (non-hydrogen) atoms. The molecule has 7 rings (SSSR count). The van der Waals surface area contributed by atoms with Crippen LogP contribution in [0.1, 0.15) is 42.3 Å². The average molecular weight is 553 g/mol. The van der Waals surface area contributed by atoms with Crippen molar-refractivity contribution in [2.75, 3.05) is 0 Å². The van der Waals surface area contributed by atoms with E-state index in [4.69, 9.17) is 9.72 Å². The molecule has 0 spiro atoms. The minimum atomic E-state index is -1.99. The number of rotatable bonds is 3. The summed E-state index contributed by atoms with van der Waals surface area (Å²) in [4.78, 5) is 18.3. The Bertz CT molecular complexity index is 2010. The Morgan fingerprint density at radius 1 is 0.707 bits per heavy atom. The first-order valence-corrected chi connectivity index (χ1v) is 17.1. The molecule has 0 aliphatic carbocycles. The third-order valence-corrected chi connectivity index (χ3v) is 12.0. The second-order valence-corrected chi connectivity index (χ2v) is 16.8. The van der Waals surface area contributed by atoms with Crippen LogP contribution in [0.5, 0.6) is 11.5 Å². The van der Waals surface area contributed by atoms with Crippen molar-refractivity contribution in [3.8, 4) is 17.3 Å². The highest BCUT2D eigenvalue weighted by molar-refractivity contribution is 7.02. The lowest BCUT2D eigenvalue weighted by Gasteiger charge is -2.32. The summed E-state index contributed by atoms with van der Waals surface area (Å²) >= 11 is 0. The molecule has 0 amide bonds. The molecule has 1 aliphatic rings. The summed E-state index contributed by atoms with van der Waals surface area (Å²) in [5.41, 5.74) is 4.95. The zero-order chi connectivity index (χ0) is 28.5. The van der Waals surface area contributed by atoms with Crippen LogP contribution in [0.25, 0.3) is 27.6 Å². The zero-order valence-corrected chi connectivity index (χ0v) is 25.0. The number of fused-ring (bicyclic) bond motifs is 5. The summed E-state index contributed by atoms with van der Waals surface area (Å²) in [6.07, 6.45) is 1.89. The molecule has 0 bridgehead atoms. The zero-order valence-electron chi connectivity index (χ0n) is 24.0. The molecule has 4 aromatic carbocycles. The third kappa shape index (κ3) is 4.03. The first kappa shape index (κ1) is 25.5. The van der Waals surface area contributed by atoms with Gasteiger partial charge in [0.1, 0.15) is 25.4 Å². The van der Waals surface area contributed by atoms with Gasteiger partial charge in [0.25, 0.3) is 0 Å². The highest BCUT2D eigenvalue weighted by Gasteiger charge is 2.38. The van der Waals surface area contributed by atoms with Crippen molar-refractivity contribution in [2.45, 2.75) is 39.3 Å². The van der Waals surface area contributed by atoms with Gasteiger partial charge in [-0.2, -0.15) is 0 Å². The molecular formula is C36H32N2O2Si. The molecule has 0 atom stereocenters. The van der Waals surface area contributed by atoms with Gasteiger partial charge in [0, 0.05) is 34.2 Å². The summed E-state index contributed by atoms with van der Waals surface area (Å²) in [6.45, 7) is 11.3. The number of carbonyl (C=O) groups excluding carboxylic acids is 1. The van der Waals surface area contributed by atoms with Crippen molar-refractivity contribution >= 4 is 46.0 Å². The predicted molar refractivity (Wildman–Crippen MR) is 170 cm³/mol. The maximum Gasteiger partial charge on any atom is 0.192 e. The van der Waals surface area contributed by atoms with Crippen LogP contribution < -0.4 is 15.1 Å². The molecule has 0 N–H and O–H groups in total. The van der Waals surface area contributed by atoms with E-state index in [1.807, 2.05) is 42.6 Å². The fraction of sp³-hybridized carbons (Fsp3) is 0.167. The Labute approximate surface area is 241 Å². The Hall–Kier alpha value is -4.48. The van der Waals surface area contributed by atoms with E-state index in [1.165, 1.54) is 16.1 Å². The topological polar surface area (TPSA) is 44.1 Å². The molecule has 2 aromatic heterocycles. The average Bonchev–Trinajstić information content (AvgIpc) is 3.29. The first-order chi connectivity index (χ1) is 19.6. The number of ether oxygens (including phenoxy) is 1. The summed E-state index contributed by atoms with van der Waals surface area (Å²) in [7, 11) is -1.99. The molecule has 0 saturated carbocycles. The Kier molecular flexibility index (Phi) is 5.60. The fourth-order valence-corrected chi connectivity index (χ4v) is 9.27. The standard InChI is InChI=1S/C36H32N2O2Si/c1-36(2,3)23-18-19-37-34(20-23)38-30-12-8-6-10-26(30)27-16-14-25(22-31(27)38)40-24-15-17-33-29(21-24)35(39)28-11-7-9-13-32(28)41(33,4)5/h6-22H,1-5H3. The molecule has 5 heteroatoms. The van der Waals surface area contributed by atoms with Crippen LogP contribution in [0.15, 0.2) is 103 Å². The van der Waals surface area contributed by atoms with Crippen LogP contribution in [0.2, 0.25) is 13.1 Å². The van der Waals surface area contributed by atoms with Gasteiger partial charge in [-0.25, -0.2) is 4.98 Å². The molecule has 4 nitrogen and oxygen atoms in total. The third-order valence-electron chi connectivity index (χ3n) is 8.48. The van der Waals surface area contributed by atoms with E-state index in [1.54, 1.807) is 0 Å². The lowest BCUT2D eigenvalue weighted by Crippen LogP contribution is -2.59. The van der Waals surface area contributed by atoms with Crippen LogP contribution in [-0.2, 0) is 5.41 Å². The number of hydrogen-bond acceptors (Lipinski definition) is 3. The number of aromatic nitrogens is 2. The summed E-state index contributed by atoms with van der Waals surface area (Å²) in [6, 6.07) is 33.0. The second-order valence-electron chi connectivity index (χ2n) is 12.5. The number of para-hydroxylation sites is 1. The van der Waals surface area contributed by atoms with E-state index < -0.39 is 8.07 Å². The first-order valence-electron chi connectivity index (χ1n) is 14.1. The maximum atomic E-state index is 13.5. The normalized spacial score (nSPS) is 14.2. The summed E-state index contributed by atoms with van der Waals surface area (Å²) in [5, 5.41) is 4.67. The molecule has 0 unspecified atom stereocenters. The van der Waals surface area contributed by atoms with E-state index in [0.29, 0.717) is 11.5 Å². The lowest BCUT2D eigenvalue weighted by atomic mass is 9.88. The van der Waals surface area contributed by atoms with Crippen LogP contribution in [0, 0.1) is 0 Å². The van der Waals surface area contributed by atoms with Gasteiger partial charge in [0.15, 0.2) is 5.78 Å². The number of benzene rings is 4. The number of hydrogen-bond donors (Lipinski definition) is 0. The van der Waals surface area contributed by atoms with Crippen LogP contribution in [-0.4, -0.2) is 23.4 Å². The molecule has 0 fully saturated rings. The molecule has 202 valence electrons. The van der Waals surface area contributed by atoms with E-state index in [-0.39, 0.29) is 11.2 Å².